The van der Waals surface area contributed by atoms with Crippen LogP contribution < -0.4 is 38.1 Å². The number of rotatable bonds is 15. The Morgan fingerprint density at radius 1 is 0.740 bits per heavy atom. The summed E-state index contributed by atoms with van der Waals surface area (Å²) in [6, 6.07) is 6.85. The number of benzene rings is 3. The van der Waals surface area contributed by atoms with Gasteiger partial charge in [0.05, 0.1) is 56.9 Å². The molecule has 50 heavy (non-hydrogen) atoms. The fraction of sp³-hybridized carbons (Fsp3) is 0.217. The first-order valence-electron chi connectivity index (χ1n) is 13.0. The molecule has 3 rings (SSSR count). The first kappa shape index (κ1) is 40.2. The summed E-state index contributed by atoms with van der Waals surface area (Å²) in [5, 5.41) is 14.3. The number of nitrogens with zero attached hydrogens (tertiary/aromatic N) is 2. The molecule has 0 bridgehead atoms. The molecule has 0 fully saturated rings. The largest absolute Gasteiger partial charge is 0.397 e. The molecule has 0 radical (unpaired) electrons. The number of nitrogen functional groups attached to an aromatic ring is 1. The Hall–Kier alpha value is -4.19. The maximum absolute atomic E-state index is 13.3. The van der Waals surface area contributed by atoms with Crippen LogP contribution in [0.4, 0.5) is 17.1 Å². The number of anilines is 3. The number of sulfone groups is 2. The molecule has 0 aliphatic carbocycles. The fourth-order valence-corrected chi connectivity index (χ4v) is 7.51. The van der Waals surface area contributed by atoms with E-state index in [1.807, 2.05) is 0 Å². The van der Waals surface area contributed by atoms with E-state index in [-0.39, 0.29) is 21.8 Å². The molecule has 3 aromatic rings. The molecule has 274 valence electrons. The molecule has 27 heteroatoms. The molecule has 0 saturated heterocycles. The predicted molar refractivity (Wildman–Crippen MR) is 170 cm³/mol. The van der Waals surface area contributed by atoms with Crippen molar-refractivity contribution in [2.75, 3.05) is 41.3 Å². The normalized spacial score (nSPS) is 13.8. The predicted octanol–water partition coefficient (Wildman–Crippen LogP) is -2.42. The molecule has 3 aromatic carbocycles. The highest BCUT2D eigenvalue weighted by atomic mass is 32.3. The zero-order valence-electron chi connectivity index (χ0n) is 25.0. The maximum atomic E-state index is 13.3. The van der Waals surface area contributed by atoms with Crippen LogP contribution in [0.25, 0.3) is 0 Å². The highest BCUT2D eigenvalue weighted by molar-refractivity contribution is 7.92. The van der Waals surface area contributed by atoms with Crippen LogP contribution in [-0.2, 0) is 59.0 Å². The number of hydrogen-bond donors (Lipinski definition) is 7. The smallest absolute Gasteiger partial charge is 0.397 e. The van der Waals surface area contributed by atoms with Crippen molar-refractivity contribution in [1.82, 2.24) is 0 Å². The van der Waals surface area contributed by atoms with Crippen molar-refractivity contribution in [3.8, 4) is 0 Å². The van der Waals surface area contributed by atoms with E-state index in [0.717, 1.165) is 24.3 Å². The maximum Gasteiger partial charge on any atom is 0.397 e. The second-order valence-electron chi connectivity index (χ2n) is 9.68. The first-order chi connectivity index (χ1) is 22.8. The molecule has 0 atom stereocenters. The lowest BCUT2D eigenvalue weighted by atomic mass is 10.1. The summed E-state index contributed by atoms with van der Waals surface area (Å²) in [6.07, 6.45) is 0. The van der Waals surface area contributed by atoms with Crippen LogP contribution >= 0.6 is 0 Å². The monoisotopic (exact) mass is 802 g/mol. The van der Waals surface area contributed by atoms with Crippen LogP contribution in [0.5, 0.6) is 0 Å². The molecule has 0 saturated carbocycles. The van der Waals surface area contributed by atoms with Crippen molar-refractivity contribution >= 4 is 67.7 Å². The Bertz CT molecular complexity index is 2600. The summed E-state index contributed by atoms with van der Waals surface area (Å²) in [5.41, 5.74) is 8.84. The minimum absolute atomic E-state index is 0.0113. The summed E-state index contributed by atoms with van der Waals surface area (Å²) in [5.74, 6) is -1.82. The summed E-state index contributed by atoms with van der Waals surface area (Å²) in [7, 11) is -23.5. The van der Waals surface area contributed by atoms with E-state index in [4.69, 9.17) is 20.2 Å². The lowest BCUT2D eigenvalue weighted by Crippen LogP contribution is -2.51. The van der Waals surface area contributed by atoms with Gasteiger partial charge in [-0.25, -0.2) is 25.2 Å². The van der Waals surface area contributed by atoms with Gasteiger partial charge in [-0.05, 0) is 49.4 Å². The SMILES string of the molecule is Cc1c(N)c(=NNc2ccc(S(=O)(=O)CCOS(=O)(=O)O)cc2)c(=O)c(=NNc2ccc(S(=O)(=O)CCOS(=O)(=O)O)cc2S(=O)(=O)O)c1=N. The standard InChI is InChI=1S/C23H26N6O16S5/c1-13-19(24)21(28-26-14-2-4-15(5-3-14)46(31,32)10-8-44-49(38,39)40)23(30)22(20(13)25)29-27-17-7-6-16(12-18(17)48(35,36)37)47(33,34)11-9-45-50(41,42)43/h2-7,12,25-27H,8-11,24H2,1H3,(H,35,36,37)(H,38,39,40)(H,41,42,43). The fourth-order valence-electron chi connectivity index (χ4n) is 3.76. The van der Waals surface area contributed by atoms with Crippen molar-refractivity contribution in [3.63, 3.8) is 0 Å². The lowest BCUT2D eigenvalue weighted by molar-refractivity contribution is 0.282. The molecule has 0 spiro atoms. The Kier molecular flexibility index (Phi) is 12.0. The van der Waals surface area contributed by atoms with Gasteiger partial charge in [0.15, 0.2) is 30.4 Å². The topological polar surface area (TPSA) is 366 Å². The van der Waals surface area contributed by atoms with Gasteiger partial charge in [0.1, 0.15) is 4.90 Å². The van der Waals surface area contributed by atoms with Gasteiger partial charge >= 0.3 is 20.8 Å². The van der Waals surface area contributed by atoms with E-state index in [2.05, 4.69) is 29.4 Å². The molecule has 0 aliphatic rings. The Morgan fingerprint density at radius 2 is 1.22 bits per heavy atom. The van der Waals surface area contributed by atoms with E-state index in [1.54, 1.807) is 0 Å². The third-order valence-corrected chi connectivity index (χ3v) is 11.5. The average Bonchev–Trinajstić information content (AvgIpc) is 2.98. The second kappa shape index (κ2) is 15.0. The minimum atomic E-state index is -5.18. The first-order valence-corrected chi connectivity index (χ1v) is 20.5. The van der Waals surface area contributed by atoms with E-state index in [9.17, 15) is 51.4 Å². The van der Waals surface area contributed by atoms with E-state index >= 15 is 0 Å². The third kappa shape index (κ3) is 10.7. The number of nitrogens with one attached hydrogen (secondary N) is 3. The molecule has 0 unspecified atom stereocenters. The highest BCUT2D eigenvalue weighted by Gasteiger charge is 2.23. The molecular formula is C23H26N6O16S5. The lowest BCUT2D eigenvalue weighted by Gasteiger charge is -2.10. The molecule has 8 N–H and O–H groups in total. The Morgan fingerprint density at radius 3 is 1.72 bits per heavy atom. The zero-order chi connectivity index (χ0) is 37.9. The summed E-state index contributed by atoms with van der Waals surface area (Å²) in [4.78, 5) is 11.2. The van der Waals surface area contributed by atoms with E-state index < -0.39 is 112 Å². The van der Waals surface area contributed by atoms with Crippen LogP contribution in [0.15, 0.2) is 72.1 Å². The van der Waals surface area contributed by atoms with Gasteiger partial charge in [-0.3, -0.25) is 34.7 Å². The van der Waals surface area contributed by atoms with Crippen LogP contribution in [0, 0.1) is 12.3 Å². The molecule has 22 nitrogen and oxygen atoms in total. The quantitative estimate of drug-likeness (QED) is 0.0477. The summed E-state index contributed by atoms with van der Waals surface area (Å²) < 4.78 is 152. The van der Waals surface area contributed by atoms with Crippen LogP contribution in [0.2, 0.25) is 0 Å². The van der Waals surface area contributed by atoms with Crippen molar-refractivity contribution in [2.24, 2.45) is 10.2 Å². The van der Waals surface area contributed by atoms with Crippen LogP contribution in [0.3, 0.4) is 0 Å². The molecule has 0 amide bonds. The van der Waals surface area contributed by atoms with E-state index in [1.165, 1.54) is 19.1 Å². The molecule has 0 heterocycles. The van der Waals surface area contributed by atoms with Crippen LogP contribution in [0.1, 0.15) is 5.56 Å². The molecular weight excluding hydrogens is 777 g/mol. The van der Waals surface area contributed by atoms with Gasteiger partial charge in [-0.15, -0.1) is 0 Å². The van der Waals surface area contributed by atoms with Gasteiger partial charge < -0.3 is 5.73 Å². The highest BCUT2D eigenvalue weighted by Crippen LogP contribution is 2.25. The number of nitrogens with two attached hydrogens (primary N) is 1. The van der Waals surface area contributed by atoms with Crippen LogP contribution in [-0.4, -0.2) is 80.5 Å². The van der Waals surface area contributed by atoms with Gasteiger partial charge in [-0.1, -0.05) is 0 Å². The van der Waals surface area contributed by atoms with Crippen molar-refractivity contribution < 1.29 is 64.1 Å². The van der Waals surface area contributed by atoms with Crippen molar-refractivity contribution in [1.29, 1.82) is 5.41 Å². The van der Waals surface area contributed by atoms with E-state index in [0.29, 0.717) is 6.07 Å². The van der Waals surface area contributed by atoms with Gasteiger partial charge in [0, 0.05) is 5.56 Å². The molecule has 0 aliphatic heterocycles. The van der Waals surface area contributed by atoms with Gasteiger partial charge in [0.2, 0.25) is 5.43 Å². The Balaban J connectivity index is 1.97. The third-order valence-electron chi connectivity index (χ3n) is 6.26. The Labute approximate surface area is 283 Å². The second-order valence-corrected chi connectivity index (χ2v) is 17.5. The average molecular weight is 803 g/mol. The van der Waals surface area contributed by atoms with Gasteiger partial charge in [-0.2, -0.15) is 35.5 Å². The van der Waals surface area contributed by atoms with Crippen molar-refractivity contribution in [2.45, 2.75) is 21.6 Å². The number of hydrogen-bond acceptors (Lipinski definition) is 19. The minimum Gasteiger partial charge on any atom is -0.397 e. The zero-order valence-corrected chi connectivity index (χ0v) is 29.1. The van der Waals surface area contributed by atoms with Crippen molar-refractivity contribution in [3.05, 3.63) is 74.3 Å². The van der Waals surface area contributed by atoms with Gasteiger partial charge in [0.25, 0.3) is 10.1 Å². The summed E-state index contributed by atoms with van der Waals surface area (Å²) in [6.45, 7) is -0.548. The molecule has 0 aromatic heterocycles. The summed E-state index contributed by atoms with van der Waals surface area (Å²) >= 11 is 0.